The van der Waals surface area contributed by atoms with Crippen LogP contribution in [-0.2, 0) is 20.3 Å². The third-order valence-corrected chi connectivity index (χ3v) is 5.49. The molecule has 0 aliphatic heterocycles. The maximum atomic E-state index is 12.6. The van der Waals surface area contributed by atoms with Crippen molar-refractivity contribution in [3.63, 3.8) is 0 Å². The number of benzene rings is 1. The molecule has 0 atom stereocenters. The fourth-order valence-corrected chi connectivity index (χ4v) is 3.98. The number of hydrogen-bond donors (Lipinski definition) is 0. The minimum atomic E-state index is -3.66. The summed E-state index contributed by atoms with van der Waals surface area (Å²) in [5.41, 5.74) is 0.401. The summed E-state index contributed by atoms with van der Waals surface area (Å²) >= 11 is 3.29. The van der Waals surface area contributed by atoms with Crippen molar-refractivity contribution in [3.05, 3.63) is 52.3 Å². The summed E-state index contributed by atoms with van der Waals surface area (Å²) in [6, 6.07) is 6.20. The maximum Gasteiger partial charge on any atom is 0.342 e. The number of halogens is 1. The number of sulfone groups is 1. The molecule has 0 saturated heterocycles. The van der Waals surface area contributed by atoms with Gasteiger partial charge in [0.15, 0.2) is 9.84 Å². The summed E-state index contributed by atoms with van der Waals surface area (Å²) in [4.78, 5) is 16.2. The van der Waals surface area contributed by atoms with Crippen molar-refractivity contribution in [1.82, 2.24) is 4.98 Å². The van der Waals surface area contributed by atoms with Gasteiger partial charge < -0.3 is 9.47 Å². The summed E-state index contributed by atoms with van der Waals surface area (Å²) in [7, 11) is -2.26. The molecular weight excluding hydrogens is 398 g/mol. The second-order valence-corrected chi connectivity index (χ2v) is 7.63. The SMILES string of the molecule is CCOC(=O)c1c(CS(=O)(=O)c2cccnc2)ccc(Br)c1OC. The monoisotopic (exact) mass is 413 g/mol. The van der Waals surface area contributed by atoms with E-state index >= 15 is 0 Å². The molecule has 6 nitrogen and oxygen atoms in total. The molecule has 128 valence electrons. The van der Waals surface area contributed by atoms with E-state index in [4.69, 9.17) is 9.47 Å². The van der Waals surface area contributed by atoms with Gasteiger partial charge in [0.2, 0.25) is 0 Å². The first kappa shape index (κ1) is 18.4. The van der Waals surface area contributed by atoms with Crippen molar-refractivity contribution in [2.24, 2.45) is 0 Å². The van der Waals surface area contributed by atoms with Crippen LogP contribution < -0.4 is 4.74 Å². The van der Waals surface area contributed by atoms with Gasteiger partial charge in [0.25, 0.3) is 0 Å². The van der Waals surface area contributed by atoms with Gasteiger partial charge in [-0.15, -0.1) is 0 Å². The highest BCUT2D eigenvalue weighted by molar-refractivity contribution is 9.10. The van der Waals surface area contributed by atoms with Crippen LogP contribution in [0.3, 0.4) is 0 Å². The highest BCUT2D eigenvalue weighted by Gasteiger charge is 2.25. The lowest BCUT2D eigenvalue weighted by molar-refractivity contribution is 0.0521. The molecule has 0 aliphatic rings. The third kappa shape index (κ3) is 3.93. The van der Waals surface area contributed by atoms with Crippen molar-refractivity contribution in [2.45, 2.75) is 17.6 Å². The molecule has 0 aliphatic carbocycles. The second-order valence-electron chi connectivity index (χ2n) is 4.78. The van der Waals surface area contributed by atoms with Crippen LogP contribution in [0.1, 0.15) is 22.8 Å². The molecule has 0 unspecified atom stereocenters. The molecule has 1 aromatic carbocycles. The molecule has 0 saturated carbocycles. The smallest absolute Gasteiger partial charge is 0.342 e. The van der Waals surface area contributed by atoms with Gasteiger partial charge in [-0.3, -0.25) is 4.98 Å². The summed E-state index contributed by atoms with van der Waals surface area (Å²) in [6.45, 7) is 1.84. The summed E-state index contributed by atoms with van der Waals surface area (Å²) in [6.07, 6.45) is 2.77. The molecule has 0 fully saturated rings. The Balaban J connectivity index is 2.52. The van der Waals surface area contributed by atoms with E-state index in [2.05, 4.69) is 20.9 Å². The Morgan fingerprint density at radius 2 is 2.04 bits per heavy atom. The van der Waals surface area contributed by atoms with E-state index in [1.807, 2.05) is 0 Å². The fourth-order valence-electron chi connectivity index (χ4n) is 2.16. The van der Waals surface area contributed by atoms with Gasteiger partial charge in [0.05, 0.1) is 28.8 Å². The minimum absolute atomic E-state index is 0.0849. The molecule has 2 aromatic rings. The zero-order valence-electron chi connectivity index (χ0n) is 13.2. The van der Waals surface area contributed by atoms with E-state index in [-0.39, 0.29) is 28.6 Å². The average Bonchev–Trinajstić information content (AvgIpc) is 2.57. The quantitative estimate of drug-likeness (QED) is 0.676. The van der Waals surface area contributed by atoms with Crippen molar-refractivity contribution in [2.75, 3.05) is 13.7 Å². The Kier molecular flexibility index (Phi) is 5.95. The number of ether oxygens (including phenoxy) is 2. The van der Waals surface area contributed by atoms with Crippen LogP contribution in [-0.4, -0.2) is 33.1 Å². The maximum absolute atomic E-state index is 12.6. The van der Waals surface area contributed by atoms with E-state index in [0.29, 0.717) is 10.0 Å². The number of methoxy groups -OCH3 is 1. The molecule has 0 radical (unpaired) electrons. The van der Waals surface area contributed by atoms with Gasteiger partial charge in [0.1, 0.15) is 11.3 Å². The second kappa shape index (κ2) is 7.76. The van der Waals surface area contributed by atoms with Crippen LogP contribution in [0.2, 0.25) is 0 Å². The lowest BCUT2D eigenvalue weighted by atomic mass is 10.1. The van der Waals surface area contributed by atoms with Gasteiger partial charge in [-0.05, 0) is 46.6 Å². The van der Waals surface area contributed by atoms with Crippen LogP contribution in [0.5, 0.6) is 5.75 Å². The van der Waals surface area contributed by atoms with Gasteiger partial charge in [-0.1, -0.05) is 6.07 Å². The number of aromatic nitrogens is 1. The largest absolute Gasteiger partial charge is 0.495 e. The number of nitrogens with zero attached hydrogens (tertiary/aromatic N) is 1. The Morgan fingerprint density at radius 3 is 2.62 bits per heavy atom. The number of carbonyl (C=O) groups excluding carboxylic acids is 1. The van der Waals surface area contributed by atoms with Gasteiger partial charge in [0, 0.05) is 12.4 Å². The summed E-state index contributed by atoms with van der Waals surface area (Å²) < 4.78 is 36.0. The number of carbonyl (C=O) groups is 1. The molecule has 0 spiro atoms. The molecule has 2 rings (SSSR count). The molecule has 8 heteroatoms. The van der Waals surface area contributed by atoms with Gasteiger partial charge >= 0.3 is 5.97 Å². The lowest BCUT2D eigenvalue weighted by Gasteiger charge is -2.14. The van der Waals surface area contributed by atoms with Crippen molar-refractivity contribution >= 4 is 31.7 Å². The van der Waals surface area contributed by atoms with Gasteiger partial charge in [-0.25, -0.2) is 13.2 Å². The Hall–Kier alpha value is -1.93. The number of esters is 1. The highest BCUT2D eigenvalue weighted by atomic mass is 79.9. The first-order chi connectivity index (χ1) is 11.4. The molecule has 0 amide bonds. The van der Waals surface area contributed by atoms with E-state index in [1.54, 1.807) is 25.1 Å². The number of hydrogen-bond acceptors (Lipinski definition) is 6. The van der Waals surface area contributed by atoms with Crippen molar-refractivity contribution < 1.29 is 22.7 Å². The standard InChI is InChI=1S/C16H16BrNO5S/c1-3-23-16(19)14-11(6-7-13(17)15(14)22-2)10-24(20,21)12-5-4-8-18-9-12/h4-9H,3,10H2,1-2H3. The average molecular weight is 414 g/mol. The van der Waals surface area contributed by atoms with Crippen LogP contribution in [0.15, 0.2) is 46.0 Å². The zero-order chi connectivity index (χ0) is 17.7. The molecule has 1 heterocycles. The van der Waals surface area contributed by atoms with Crippen LogP contribution in [0, 0.1) is 0 Å². The molecular formula is C16H16BrNO5S. The fraction of sp³-hybridized carbons (Fsp3) is 0.250. The van der Waals surface area contributed by atoms with Crippen LogP contribution >= 0.6 is 15.9 Å². The topological polar surface area (TPSA) is 82.6 Å². The third-order valence-electron chi connectivity index (χ3n) is 3.22. The number of pyridine rings is 1. The molecule has 24 heavy (non-hydrogen) atoms. The molecule has 1 aromatic heterocycles. The van der Waals surface area contributed by atoms with Crippen molar-refractivity contribution in [3.8, 4) is 5.75 Å². The predicted octanol–water partition coefficient (Wildman–Crippen LogP) is 3.00. The van der Waals surface area contributed by atoms with Crippen LogP contribution in [0.4, 0.5) is 0 Å². The Bertz CT molecular complexity index is 837. The van der Waals surface area contributed by atoms with Gasteiger partial charge in [-0.2, -0.15) is 0 Å². The molecule has 0 bridgehead atoms. The molecule has 0 N–H and O–H groups in total. The minimum Gasteiger partial charge on any atom is -0.495 e. The number of rotatable bonds is 6. The Morgan fingerprint density at radius 1 is 1.29 bits per heavy atom. The first-order valence-electron chi connectivity index (χ1n) is 7.06. The summed E-state index contributed by atoms with van der Waals surface area (Å²) in [5.74, 6) is -0.754. The van der Waals surface area contributed by atoms with Crippen LogP contribution in [0.25, 0.3) is 0 Å². The van der Waals surface area contributed by atoms with E-state index in [1.165, 1.54) is 25.6 Å². The zero-order valence-corrected chi connectivity index (χ0v) is 15.6. The van der Waals surface area contributed by atoms with E-state index < -0.39 is 15.8 Å². The summed E-state index contributed by atoms with van der Waals surface area (Å²) in [5, 5.41) is 0. The lowest BCUT2D eigenvalue weighted by Crippen LogP contribution is -2.14. The Labute approximate surface area is 148 Å². The predicted molar refractivity (Wildman–Crippen MR) is 91.8 cm³/mol. The van der Waals surface area contributed by atoms with E-state index in [9.17, 15) is 13.2 Å². The van der Waals surface area contributed by atoms with E-state index in [0.717, 1.165) is 0 Å². The first-order valence-corrected chi connectivity index (χ1v) is 9.50. The van der Waals surface area contributed by atoms with Crippen molar-refractivity contribution in [1.29, 1.82) is 0 Å². The normalized spacial score (nSPS) is 11.1. The highest BCUT2D eigenvalue weighted by Crippen LogP contribution is 2.33.